The van der Waals surface area contributed by atoms with Crippen LogP contribution in [0.25, 0.3) is 0 Å². The Morgan fingerprint density at radius 2 is 0.612 bits per heavy atom. The number of hydrogen-bond acceptors (Lipinski definition) is 3. The molecule has 0 saturated carbocycles. The Morgan fingerprint density at radius 3 is 0.898 bits per heavy atom. The van der Waals surface area contributed by atoms with E-state index in [0.29, 0.717) is 11.1 Å². The van der Waals surface area contributed by atoms with Crippen LogP contribution in [0.2, 0.25) is 0 Å². The van der Waals surface area contributed by atoms with Crippen molar-refractivity contribution in [1.29, 1.82) is 0 Å². The summed E-state index contributed by atoms with van der Waals surface area (Å²) in [5.41, 5.74) is 11.9. The van der Waals surface area contributed by atoms with Gasteiger partial charge in [0.2, 0.25) is 0 Å². The lowest BCUT2D eigenvalue weighted by molar-refractivity contribution is 0.0395. The average molecular weight is 675 g/mol. The van der Waals surface area contributed by atoms with Crippen LogP contribution in [0.15, 0.2) is 12.1 Å². The Balaban J connectivity index is 2.79. The predicted molar refractivity (Wildman–Crippen MR) is 212 cm³/mol. The number of rotatable bonds is 26. The summed E-state index contributed by atoms with van der Waals surface area (Å²) in [6, 6.07) is 4.28. The minimum Gasteiger partial charge on any atom is -0.386 e. The molecule has 0 spiro atoms. The lowest BCUT2D eigenvalue weighted by atomic mass is 9.83. The maximum Gasteiger partial charge on any atom is 0.346 e. The van der Waals surface area contributed by atoms with Gasteiger partial charge in [0.1, 0.15) is 0 Å². The van der Waals surface area contributed by atoms with E-state index in [9.17, 15) is 9.59 Å². The van der Waals surface area contributed by atoms with Crippen LogP contribution in [0.1, 0.15) is 223 Å². The minimum absolute atomic E-state index is 0.449. The van der Waals surface area contributed by atoms with Crippen LogP contribution in [0.4, 0.5) is 0 Å². The molecule has 0 saturated heterocycles. The highest BCUT2D eigenvalue weighted by Crippen LogP contribution is 2.33. The number of aryl methyl sites for hydroxylation is 2. The molecule has 0 fully saturated rings. The molecule has 0 bridgehead atoms. The zero-order chi connectivity index (χ0) is 36.0. The molecule has 2 aromatic rings. The molecule has 2 rings (SSSR count). The van der Waals surface area contributed by atoms with E-state index in [4.69, 9.17) is 4.74 Å². The molecule has 0 aliphatic heterocycles. The molecular weight excluding hydrogens is 601 g/mol. The third kappa shape index (κ3) is 13.0. The number of unbranched alkanes of at least 4 members (excludes halogenated alkanes) is 8. The molecule has 0 aliphatic carbocycles. The van der Waals surface area contributed by atoms with Gasteiger partial charge in [-0.05, 0) is 159 Å². The molecule has 0 aromatic heterocycles. The molecule has 0 radical (unpaired) electrons. The second-order valence-corrected chi connectivity index (χ2v) is 14.5. The first kappa shape index (κ1) is 42.7. The Bertz CT molecular complexity index is 1170. The Kier molecular flexibility index (Phi) is 21.5. The molecule has 0 N–H and O–H groups in total. The molecule has 0 amide bonds. The fourth-order valence-corrected chi connectivity index (χ4v) is 7.43. The van der Waals surface area contributed by atoms with Crippen LogP contribution >= 0.6 is 0 Å². The summed E-state index contributed by atoms with van der Waals surface area (Å²) in [6.07, 6.45) is 25.4. The summed E-state index contributed by atoms with van der Waals surface area (Å²) >= 11 is 0. The highest BCUT2D eigenvalue weighted by Gasteiger charge is 2.27. The van der Waals surface area contributed by atoms with E-state index >= 15 is 0 Å². The fraction of sp³-hybridized carbons (Fsp3) is 0.696. The normalized spacial score (nSPS) is 11.3. The Hall–Kier alpha value is -2.42. The summed E-state index contributed by atoms with van der Waals surface area (Å²) in [5.74, 6) is -0.897. The molecule has 3 nitrogen and oxygen atoms in total. The Morgan fingerprint density at radius 1 is 0.367 bits per heavy atom. The van der Waals surface area contributed by atoms with Gasteiger partial charge in [-0.15, -0.1) is 0 Å². The van der Waals surface area contributed by atoms with Crippen LogP contribution in [-0.2, 0) is 56.1 Å². The van der Waals surface area contributed by atoms with Gasteiger partial charge >= 0.3 is 11.9 Å². The predicted octanol–water partition coefficient (Wildman–Crippen LogP) is 13.4. The highest BCUT2D eigenvalue weighted by atomic mass is 16.6. The van der Waals surface area contributed by atoms with Crippen LogP contribution in [0.5, 0.6) is 0 Å². The SMILES string of the molecule is CCCCc1cc(C(=O)OC(=O)c2cc(CCCC)c(CCCC)c(CCCC)c2CCCC)c(CCCC)c(CCCC)c1CCCC. The van der Waals surface area contributed by atoms with E-state index in [1.54, 1.807) is 0 Å². The molecule has 0 aliphatic rings. The zero-order valence-corrected chi connectivity index (χ0v) is 33.4. The first-order chi connectivity index (χ1) is 23.9. The number of carbonyl (C=O) groups is 2. The summed E-state index contributed by atoms with van der Waals surface area (Å²) < 4.78 is 6.07. The van der Waals surface area contributed by atoms with Crippen molar-refractivity contribution in [3.8, 4) is 0 Å². The summed E-state index contributed by atoms with van der Waals surface area (Å²) in [6.45, 7) is 17.9. The van der Waals surface area contributed by atoms with Crippen molar-refractivity contribution >= 4 is 11.9 Å². The molecular formula is C46H74O3. The van der Waals surface area contributed by atoms with Crippen molar-refractivity contribution < 1.29 is 14.3 Å². The second kappa shape index (κ2) is 24.7. The standard InChI is InChI=1S/C46H74O3/c1-9-17-25-35-33-43(41(31-23-15-7)39(29-21-13-5)37(35)27-19-11-3)45(47)49-46(48)44-34-36(26-18-10-2)38(28-20-12-4)40(30-22-14-6)42(44)32-24-16-8/h33-34H,9-32H2,1-8H3. The number of carbonyl (C=O) groups excluding carboxylic acids is 2. The fourth-order valence-electron chi connectivity index (χ4n) is 7.43. The molecule has 276 valence electrons. The van der Waals surface area contributed by atoms with Crippen molar-refractivity contribution in [2.45, 2.75) is 209 Å². The van der Waals surface area contributed by atoms with Gasteiger partial charge in [-0.25, -0.2) is 9.59 Å². The number of esters is 2. The van der Waals surface area contributed by atoms with Crippen molar-refractivity contribution in [2.75, 3.05) is 0 Å². The van der Waals surface area contributed by atoms with Crippen LogP contribution in [0.3, 0.4) is 0 Å². The van der Waals surface area contributed by atoms with E-state index in [-0.39, 0.29) is 0 Å². The third-order valence-corrected chi connectivity index (χ3v) is 10.4. The van der Waals surface area contributed by atoms with Crippen LogP contribution in [0, 0.1) is 0 Å². The highest BCUT2D eigenvalue weighted by molar-refractivity contribution is 6.04. The van der Waals surface area contributed by atoms with E-state index in [1.165, 1.54) is 33.4 Å². The molecule has 3 heteroatoms. The van der Waals surface area contributed by atoms with Gasteiger partial charge in [0, 0.05) is 0 Å². The largest absolute Gasteiger partial charge is 0.386 e. The first-order valence-electron chi connectivity index (χ1n) is 21.0. The smallest absolute Gasteiger partial charge is 0.346 e. The average Bonchev–Trinajstić information content (AvgIpc) is 3.11. The van der Waals surface area contributed by atoms with Crippen molar-refractivity contribution in [3.05, 3.63) is 67.8 Å². The number of ether oxygens (including phenoxy) is 1. The molecule has 0 unspecified atom stereocenters. The third-order valence-electron chi connectivity index (χ3n) is 10.4. The van der Waals surface area contributed by atoms with E-state index < -0.39 is 11.9 Å². The van der Waals surface area contributed by atoms with Crippen molar-refractivity contribution in [2.24, 2.45) is 0 Å². The van der Waals surface area contributed by atoms with Crippen LogP contribution in [-0.4, -0.2) is 11.9 Å². The van der Waals surface area contributed by atoms with E-state index in [1.807, 2.05) is 0 Å². The maximum absolute atomic E-state index is 14.4. The second-order valence-electron chi connectivity index (χ2n) is 14.5. The van der Waals surface area contributed by atoms with Gasteiger partial charge in [0.05, 0.1) is 11.1 Å². The zero-order valence-electron chi connectivity index (χ0n) is 33.4. The van der Waals surface area contributed by atoms with Gasteiger partial charge < -0.3 is 4.74 Å². The quantitative estimate of drug-likeness (QED) is 0.0737. The number of hydrogen-bond donors (Lipinski definition) is 0. The van der Waals surface area contributed by atoms with E-state index in [0.717, 1.165) is 165 Å². The lowest BCUT2D eigenvalue weighted by Gasteiger charge is -2.24. The van der Waals surface area contributed by atoms with Crippen molar-refractivity contribution in [3.63, 3.8) is 0 Å². The molecule has 0 atom stereocenters. The number of benzene rings is 2. The van der Waals surface area contributed by atoms with Crippen LogP contribution < -0.4 is 0 Å². The van der Waals surface area contributed by atoms with Gasteiger partial charge in [0.25, 0.3) is 0 Å². The monoisotopic (exact) mass is 675 g/mol. The maximum atomic E-state index is 14.4. The van der Waals surface area contributed by atoms with Gasteiger partial charge in [-0.1, -0.05) is 107 Å². The van der Waals surface area contributed by atoms with E-state index in [2.05, 4.69) is 67.5 Å². The minimum atomic E-state index is -0.449. The topological polar surface area (TPSA) is 43.4 Å². The lowest BCUT2D eigenvalue weighted by Crippen LogP contribution is -2.20. The van der Waals surface area contributed by atoms with Gasteiger partial charge in [0.15, 0.2) is 0 Å². The summed E-state index contributed by atoms with van der Waals surface area (Å²) in [5, 5.41) is 0. The van der Waals surface area contributed by atoms with Gasteiger partial charge in [-0.3, -0.25) is 0 Å². The summed E-state index contributed by atoms with van der Waals surface area (Å²) in [4.78, 5) is 28.8. The molecule has 0 heterocycles. The molecule has 49 heavy (non-hydrogen) atoms. The van der Waals surface area contributed by atoms with Gasteiger partial charge in [-0.2, -0.15) is 0 Å². The summed E-state index contributed by atoms with van der Waals surface area (Å²) in [7, 11) is 0. The molecule has 2 aromatic carbocycles. The first-order valence-corrected chi connectivity index (χ1v) is 21.0. The van der Waals surface area contributed by atoms with Crippen molar-refractivity contribution in [1.82, 2.24) is 0 Å². The Labute approximate surface area is 302 Å².